The number of hydrogen-bond donors (Lipinski definition) is 2. The molecule has 0 spiro atoms. The van der Waals surface area contributed by atoms with Gasteiger partial charge >= 0.3 is 5.97 Å². The number of aromatic carboxylic acids is 1. The minimum absolute atomic E-state index is 0.00342. The maximum atomic E-state index is 11.3. The zero-order chi connectivity index (χ0) is 16.4. The van der Waals surface area contributed by atoms with Crippen LogP contribution in [0.15, 0.2) is 18.2 Å². The average molecular weight is 294 g/mol. The topological polar surface area (TPSA) is 92.5 Å². The molecule has 0 saturated heterocycles. The monoisotopic (exact) mass is 294 g/mol. The van der Waals surface area contributed by atoms with Crippen LogP contribution in [0.2, 0.25) is 0 Å². The molecule has 6 nitrogen and oxygen atoms in total. The van der Waals surface area contributed by atoms with Crippen LogP contribution in [-0.4, -0.2) is 21.5 Å². The fraction of sp³-hybridized carbons (Fsp3) is 0.533. The maximum Gasteiger partial charge on any atom is 0.338 e. The predicted octanol–water partition coefficient (Wildman–Crippen LogP) is 3.92. The van der Waals surface area contributed by atoms with Crippen molar-refractivity contribution in [2.45, 2.75) is 46.6 Å². The van der Waals surface area contributed by atoms with Crippen molar-refractivity contribution in [3.63, 3.8) is 0 Å². The molecule has 0 aromatic heterocycles. The lowest BCUT2D eigenvalue weighted by Gasteiger charge is -2.34. The van der Waals surface area contributed by atoms with Gasteiger partial charge < -0.3 is 10.4 Å². The summed E-state index contributed by atoms with van der Waals surface area (Å²) in [4.78, 5) is 21.9. The first-order chi connectivity index (χ1) is 9.43. The maximum absolute atomic E-state index is 11.3. The Morgan fingerprint density at radius 1 is 1.29 bits per heavy atom. The molecule has 0 atom stereocenters. The predicted molar refractivity (Wildman–Crippen MR) is 81.8 cm³/mol. The Kier molecular flexibility index (Phi) is 4.61. The van der Waals surface area contributed by atoms with Gasteiger partial charge in [-0.15, -0.1) is 0 Å². The normalized spacial score (nSPS) is 12.0. The summed E-state index contributed by atoms with van der Waals surface area (Å²) in [6, 6.07) is 4.05. The summed E-state index contributed by atoms with van der Waals surface area (Å²) < 4.78 is 0. The van der Waals surface area contributed by atoms with Crippen molar-refractivity contribution in [2.75, 3.05) is 5.32 Å². The lowest BCUT2D eigenvalue weighted by molar-refractivity contribution is -0.384. The van der Waals surface area contributed by atoms with Gasteiger partial charge in [-0.05, 0) is 31.7 Å². The van der Waals surface area contributed by atoms with Gasteiger partial charge in [-0.2, -0.15) is 0 Å². The number of carboxylic acid groups (broad SMARTS) is 1. The second-order valence-corrected chi connectivity index (χ2v) is 7.01. The molecule has 1 aromatic carbocycles. The molecular formula is C15H22N2O4. The van der Waals surface area contributed by atoms with Gasteiger partial charge in [0.25, 0.3) is 5.69 Å². The third kappa shape index (κ3) is 4.73. The second kappa shape index (κ2) is 5.71. The number of anilines is 1. The van der Waals surface area contributed by atoms with Crippen LogP contribution in [0.4, 0.5) is 11.4 Å². The summed E-state index contributed by atoms with van der Waals surface area (Å²) in [5, 5.41) is 23.4. The van der Waals surface area contributed by atoms with Crippen molar-refractivity contribution >= 4 is 17.3 Å². The van der Waals surface area contributed by atoms with E-state index in [1.807, 2.05) is 13.8 Å². The number of para-hydroxylation sites is 1. The van der Waals surface area contributed by atoms with Crippen LogP contribution in [0.1, 0.15) is 51.4 Å². The number of nitrogens with zero attached hydrogens (tertiary/aromatic N) is 1. The Morgan fingerprint density at radius 2 is 1.86 bits per heavy atom. The van der Waals surface area contributed by atoms with Crippen LogP contribution in [0.25, 0.3) is 0 Å². The van der Waals surface area contributed by atoms with Gasteiger partial charge in [-0.3, -0.25) is 10.1 Å². The van der Waals surface area contributed by atoms with Crippen molar-refractivity contribution in [1.82, 2.24) is 0 Å². The largest absolute Gasteiger partial charge is 0.478 e. The van der Waals surface area contributed by atoms with Crippen molar-refractivity contribution in [3.05, 3.63) is 33.9 Å². The van der Waals surface area contributed by atoms with Crippen LogP contribution in [0.3, 0.4) is 0 Å². The second-order valence-electron chi connectivity index (χ2n) is 7.01. The van der Waals surface area contributed by atoms with Gasteiger partial charge in [-0.1, -0.05) is 26.8 Å². The van der Waals surface area contributed by atoms with E-state index < -0.39 is 16.4 Å². The Bertz CT molecular complexity index is 527. The van der Waals surface area contributed by atoms with E-state index in [4.69, 9.17) is 0 Å². The standard InChI is InChI=1S/C15H22N2O4/c1-14(2,3)9-15(4,5)16-12-10(13(18)19)7-6-8-11(12)17(20)21/h6-8,16H,9H2,1-5H3,(H,18,19). The number of benzene rings is 1. The minimum atomic E-state index is -1.19. The Morgan fingerprint density at radius 3 is 2.29 bits per heavy atom. The molecule has 0 bridgehead atoms. The number of hydrogen-bond acceptors (Lipinski definition) is 4. The Balaban J connectivity index is 3.28. The van der Waals surface area contributed by atoms with Crippen LogP contribution in [0, 0.1) is 15.5 Å². The first kappa shape index (κ1) is 16.9. The number of carboxylic acids is 1. The molecule has 116 valence electrons. The number of rotatable bonds is 5. The third-order valence-electron chi connectivity index (χ3n) is 2.91. The quantitative estimate of drug-likeness (QED) is 0.634. The number of nitro benzene ring substituents is 1. The summed E-state index contributed by atoms with van der Waals surface area (Å²) in [7, 11) is 0. The van der Waals surface area contributed by atoms with E-state index >= 15 is 0 Å². The van der Waals surface area contributed by atoms with Gasteiger partial charge in [0.2, 0.25) is 0 Å². The molecule has 21 heavy (non-hydrogen) atoms. The number of nitro groups is 1. The highest BCUT2D eigenvalue weighted by Crippen LogP contribution is 2.35. The van der Waals surface area contributed by atoms with Crippen LogP contribution in [0.5, 0.6) is 0 Å². The molecule has 1 aromatic rings. The number of nitrogens with one attached hydrogen (secondary N) is 1. The molecule has 0 aliphatic rings. The number of carbonyl (C=O) groups is 1. The van der Waals surface area contributed by atoms with Crippen LogP contribution < -0.4 is 5.32 Å². The van der Waals surface area contributed by atoms with Gasteiger partial charge in [0.1, 0.15) is 5.69 Å². The average Bonchev–Trinajstić information content (AvgIpc) is 2.24. The van der Waals surface area contributed by atoms with Crippen molar-refractivity contribution in [1.29, 1.82) is 0 Å². The summed E-state index contributed by atoms with van der Waals surface area (Å²) in [5.74, 6) is -1.19. The molecule has 0 amide bonds. The summed E-state index contributed by atoms with van der Waals surface area (Å²) >= 11 is 0. The molecule has 1 rings (SSSR count). The van der Waals surface area contributed by atoms with Crippen molar-refractivity contribution in [2.24, 2.45) is 5.41 Å². The SMILES string of the molecule is CC(C)(C)CC(C)(C)Nc1c(C(=O)O)cccc1[N+](=O)[O-]. The molecule has 0 unspecified atom stereocenters. The van der Waals surface area contributed by atoms with Crippen molar-refractivity contribution in [3.8, 4) is 0 Å². The lowest BCUT2D eigenvalue weighted by atomic mass is 9.81. The zero-order valence-electron chi connectivity index (χ0n) is 13.1. The highest BCUT2D eigenvalue weighted by molar-refractivity contribution is 5.97. The van der Waals surface area contributed by atoms with Gasteiger partial charge in [0.05, 0.1) is 10.5 Å². The van der Waals surface area contributed by atoms with E-state index in [1.54, 1.807) is 0 Å². The summed E-state index contributed by atoms with van der Waals surface area (Å²) in [6.45, 7) is 10.00. The third-order valence-corrected chi connectivity index (χ3v) is 2.91. The highest BCUT2D eigenvalue weighted by Gasteiger charge is 2.30. The van der Waals surface area contributed by atoms with Gasteiger partial charge in [0.15, 0.2) is 0 Å². The fourth-order valence-corrected chi connectivity index (χ4v) is 2.71. The molecule has 0 heterocycles. The van der Waals surface area contributed by atoms with Gasteiger partial charge in [-0.25, -0.2) is 4.79 Å². The minimum Gasteiger partial charge on any atom is -0.478 e. The first-order valence-corrected chi connectivity index (χ1v) is 6.72. The molecular weight excluding hydrogens is 272 g/mol. The summed E-state index contributed by atoms with van der Waals surface area (Å²) in [5.41, 5.74) is -0.731. The van der Waals surface area contributed by atoms with Crippen molar-refractivity contribution < 1.29 is 14.8 Å². The summed E-state index contributed by atoms with van der Waals surface area (Å²) in [6.07, 6.45) is 0.727. The molecule has 0 radical (unpaired) electrons. The molecule has 6 heteroatoms. The van der Waals surface area contributed by atoms with Crippen LogP contribution >= 0.6 is 0 Å². The van der Waals surface area contributed by atoms with E-state index in [2.05, 4.69) is 26.1 Å². The molecule has 0 aliphatic carbocycles. The van der Waals surface area contributed by atoms with E-state index in [0.29, 0.717) is 0 Å². The van der Waals surface area contributed by atoms with E-state index in [0.717, 1.165) is 6.42 Å². The first-order valence-electron chi connectivity index (χ1n) is 6.72. The molecule has 0 fully saturated rings. The molecule has 0 saturated carbocycles. The van der Waals surface area contributed by atoms with Gasteiger partial charge in [0, 0.05) is 11.6 Å². The zero-order valence-corrected chi connectivity index (χ0v) is 13.1. The lowest BCUT2D eigenvalue weighted by Crippen LogP contribution is -2.36. The van der Waals surface area contributed by atoms with E-state index in [-0.39, 0.29) is 22.4 Å². The Hall–Kier alpha value is -2.11. The fourth-order valence-electron chi connectivity index (χ4n) is 2.71. The smallest absolute Gasteiger partial charge is 0.338 e. The van der Waals surface area contributed by atoms with Crippen LogP contribution in [-0.2, 0) is 0 Å². The molecule has 2 N–H and O–H groups in total. The Labute approximate surface area is 124 Å². The van der Waals surface area contributed by atoms with E-state index in [9.17, 15) is 20.0 Å². The highest BCUT2D eigenvalue weighted by atomic mass is 16.6. The van der Waals surface area contributed by atoms with E-state index in [1.165, 1.54) is 18.2 Å². The molecule has 0 aliphatic heterocycles.